The highest BCUT2D eigenvalue weighted by Gasteiger charge is 2.33. The number of anilines is 1. The zero-order valence-electron chi connectivity index (χ0n) is 11.5. The minimum Gasteiger partial charge on any atom is -0.379 e. The van der Waals surface area contributed by atoms with Gasteiger partial charge in [0.15, 0.2) is 5.13 Å². The Morgan fingerprint density at radius 1 is 1.45 bits per heavy atom. The smallest absolute Gasteiger partial charge is 0.233 e. The first-order chi connectivity index (χ1) is 9.67. The Hall–Kier alpha value is -1.50. The van der Waals surface area contributed by atoms with E-state index in [1.807, 2.05) is 26.1 Å². The quantitative estimate of drug-likeness (QED) is 0.905. The van der Waals surface area contributed by atoms with E-state index in [0.717, 1.165) is 10.2 Å². The van der Waals surface area contributed by atoms with Crippen molar-refractivity contribution in [2.24, 2.45) is 5.92 Å². The van der Waals surface area contributed by atoms with Gasteiger partial charge in [0, 0.05) is 6.04 Å². The van der Waals surface area contributed by atoms with Gasteiger partial charge in [0.25, 0.3) is 0 Å². The number of ether oxygens (including phenoxy) is 1. The number of thiazole rings is 1. The van der Waals surface area contributed by atoms with Crippen molar-refractivity contribution in [1.29, 1.82) is 0 Å². The van der Waals surface area contributed by atoms with E-state index in [9.17, 15) is 4.79 Å². The summed E-state index contributed by atoms with van der Waals surface area (Å²) in [5, 5.41) is 6.67. The summed E-state index contributed by atoms with van der Waals surface area (Å²) in [6, 6.07) is 6.16. The molecule has 2 heterocycles. The molecular weight excluding hydrogens is 274 g/mol. The molecule has 2 N–H and O–H groups in total. The molecule has 1 aliphatic rings. The highest BCUT2D eigenvalue weighted by Crippen LogP contribution is 2.27. The monoisotopic (exact) mass is 291 g/mol. The van der Waals surface area contributed by atoms with Crippen LogP contribution in [0.3, 0.4) is 0 Å². The van der Waals surface area contributed by atoms with Crippen LogP contribution in [0.1, 0.15) is 5.56 Å². The first-order valence-corrected chi connectivity index (χ1v) is 7.42. The van der Waals surface area contributed by atoms with Gasteiger partial charge in [-0.1, -0.05) is 17.4 Å². The maximum absolute atomic E-state index is 12.3. The van der Waals surface area contributed by atoms with Gasteiger partial charge < -0.3 is 15.4 Å². The van der Waals surface area contributed by atoms with Gasteiger partial charge in [0.2, 0.25) is 5.91 Å². The summed E-state index contributed by atoms with van der Waals surface area (Å²) in [6.45, 7) is 3.08. The van der Waals surface area contributed by atoms with Gasteiger partial charge in [-0.05, 0) is 31.7 Å². The summed E-state index contributed by atoms with van der Waals surface area (Å²) < 4.78 is 6.44. The van der Waals surface area contributed by atoms with Crippen LogP contribution in [0.5, 0.6) is 0 Å². The minimum atomic E-state index is -0.159. The molecule has 1 amide bonds. The molecule has 0 bridgehead atoms. The molecule has 1 saturated heterocycles. The number of aromatic nitrogens is 1. The van der Waals surface area contributed by atoms with E-state index >= 15 is 0 Å². The van der Waals surface area contributed by atoms with Crippen LogP contribution in [-0.2, 0) is 9.53 Å². The van der Waals surface area contributed by atoms with Crippen LogP contribution in [0.15, 0.2) is 18.2 Å². The molecule has 106 valence electrons. The molecule has 5 nitrogen and oxygen atoms in total. The number of fused-ring (bicyclic) bond motifs is 1. The first-order valence-electron chi connectivity index (χ1n) is 6.60. The van der Waals surface area contributed by atoms with Crippen LogP contribution < -0.4 is 10.6 Å². The number of hydrogen-bond donors (Lipinski definition) is 2. The van der Waals surface area contributed by atoms with Gasteiger partial charge in [-0.15, -0.1) is 0 Å². The summed E-state index contributed by atoms with van der Waals surface area (Å²) in [5.74, 6) is -0.189. The predicted octanol–water partition coefficient (Wildman–Crippen LogP) is 1.78. The molecule has 0 saturated carbocycles. The minimum absolute atomic E-state index is 0.0300. The number of benzene rings is 1. The fourth-order valence-electron chi connectivity index (χ4n) is 2.38. The van der Waals surface area contributed by atoms with E-state index in [1.165, 1.54) is 16.9 Å². The van der Waals surface area contributed by atoms with Gasteiger partial charge in [-0.2, -0.15) is 0 Å². The third-order valence-corrected chi connectivity index (χ3v) is 4.50. The van der Waals surface area contributed by atoms with Crippen molar-refractivity contribution < 1.29 is 9.53 Å². The van der Waals surface area contributed by atoms with Gasteiger partial charge in [-0.25, -0.2) is 4.98 Å². The van der Waals surface area contributed by atoms with Gasteiger partial charge in [0.05, 0.1) is 29.3 Å². The fraction of sp³-hybridized carbons (Fsp3) is 0.429. The highest BCUT2D eigenvalue weighted by atomic mass is 32.1. The fourth-order valence-corrected chi connectivity index (χ4v) is 3.35. The van der Waals surface area contributed by atoms with Crippen LogP contribution in [0.2, 0.25) is 0 Å². The van der Waals surface area contributed by atoms with Crippen LogP contribution in [0.4, 0.5) is 5.13 Å². The number of amides is 1. The summed E-state index contributed by atoms with van der Waals surface area (Å²) in [5.41, 5.74) is 2.11. The molecule has 6 heteroatoms. The zero-order valence-corrected chi connectivity index (χ0v) is 12.3. The lowest BCUT2D eigenvalue weighted by atomic mass is 10.0. The topological polar surface area (TPSA) is 63.2 Å². The molecule has 0 radical (unpaired) electrons. The highest BCUT2D eigenvalue weighted by molar-refractivity contribution is 7.22. The van der Waals surface area contributed by atoms with Gasteiger partial charge >= 0.3 is 0 Å². The largest absolute Gasteiger partial charge is 0.379 e. The summed E-state index contributed by atoms with van der Waals surface area (Å²) >= 11 is 1.50. The number of likely N-dealkylation sites (N-methyl/N-ethyl adjacent to an activating group) is 1. The molecule has 0 spiro atoms. The Morgan fingerprint density at radius 2 is 2.30 bits per heavy atom. The average Bonchev–Trinajstić information content (AvgIpc) is 3.03. The number of nitrogens with zero attached hydrogens (tertiary/aromatic N) is 1. The molecule has 2 aromatic rings. The maximum atomic E-state index is 12.3. The lowest BCUT2D eigenvalue weighted by Crippen LogP contribution is -2.39. The van der Waals surface area contributed by atoms with Crippen molar-refractivity contribution in [2.75, 3.05) is 25.6 Å². The maximum Gasteiger partial charge on any atom is 0.233 e. The van der Waals surface area contributed by atoms with E-state index in [2.05, 4.69) is 21.7 Å². The van der Waals surface area contributed by atoms with Crippen molar-refractivity contribution in [3.8, 4) is 0 Å². The molecule has 1 aromatic carbocycles. The molecule has 0 aliphatic carbocycles. The molecule has 2 unspecified atom stereocenters. The van der Waals surface area contributed by atoms with E-state index in [1.54, 1.807) is 0 Å². The number of aryl methyl sites for hydroxylation is 1. The lowest BCUT2D eigenvalue weighted by molar-refractivity contribution is -0.120. The zero-order chi connectivity index (χ0) is 14.1. The van der Waals surface area contributed by atoms with Gasteiger partial charge in [0.1, 0.15) is 0 Å². The number of carbonyl (C=O) groups is 1. The molecule has 20 heavy (non-hydrogen) atoms. The van der Waals surface area contributed by atoms with Crippen molar-refractivity contribution in [2.45, 2.75) is 13.0 Å². The molecule has 2 atom stereocenters. The Morgan fingerprint density at radius 3 is 3.10 bits per heavy atom. The van der Waals surface area contributed by atoms with Crippen LogP contribution >= 0.6 is 11.3 Å². The van der Waals surface area contributed by atoms with Crippen LogP contribution in [0.25, 0.3) is 10.2 Å². The third-order valence-electron chi connectivity index (χ3n) is 3.56. The van der Waals surface area contributed by atoms with Crippen molar-refractivity contribution in [3.05, 3.63) is 23.8 Å². The van der Waals surface area contributed by atoms with E-state index in [-0.39, 0.29) is 17.9 Å². The number of rotatable bonds is 3. The van der Waals surface area contributed by atoms with Crippen molar-refractivity contribution in [1.82, 2.24) is 10.3 Å². The standard InChI is InChI=1S/C14H17N3O2S/c1-8-3-4-10-12(5-8)20-14(16-10)17-13(18)9-6-19-7-11(9)15-2/h3-5,9,11,15H,6-7H2,1-2H3,(H,16,17,18). The lowest BCUT2D eigenvalue weighted by Gasteiger charge is -2.15. The Labute approximate surface area is 121 Å². The Balaban J connectivity index is 1.77. The second kappa shape index (κ2) is 5.47. The van der Waals surface area contributed by atoms with E-state index in [0.29, 0.717) is 18.3 Å². The van der Waals surface area contributed by atoms with Crippen LogP contribution in [-0.4, -0.2) is 37.2 Å². The number of carbonyl (C=O) groups excluding carboxylic acids is 1. The molecule has 1 aliphatic heterocycles. The van der Waals surface area contributed by atoms with Crippen molar-refractivity contribution in [3.63, 3.8) is 0 Å². The average molecular weight is 291 g/mol. The SMILES string of the molecule is CNC1COCC1C(=O)Nc1nc2ccc(C)cc2s1. The summed E-state index contributed by atoms with van der Waals surface area (Å²) in [7, 11) is 1.85. The summed E-state index contributed by atoms with van der Waals surface area (Å²) in [4.78, 5) is 16.7. The number of nitrogens with one attached hydrogen (secondary N) is 2. The molecular formula is C14H17N3O2S. The van der Waals surface area contributed by atoms with E-state index in [4.69, 9.17) is 4.74 Å². The third kappa shape index (κ3) is 2.54. The molecule has 1 fully saturated rings. The predicted molar refractivity (Wildman–Crippen MR) is 80.1 cm³/mol. The van der Waals surface area contributed by atoms with Crippen molar-refractivity contribution >= 4 is 32.6 Å². The second-order valence-electron chi connectivity index (χ2n) is 5.02. The normalized spacial score (nSPS) is 22.3. The Bertz CT molecular complexity index is 640. The Kier molecular flexibility index (Phi) is 3.69. The summed E-state index contributed by atoms with van der Waals surface area (Å²) in [6.07, 6.45) is 0. The number of hydrogen-bond acceptors (Lipinski definition) is 5. The second-order valence-corrected chi connectivity index (χ2v) is 6.05. The van der Waals surface area contributed by atoms with E-state index < -0.39 is 0 Å². The molecule has 3 rings (SSSR count). The van der Waals surface area contributed by atoms with Crippen LogP contribution in [0, 0.1) is 12.8 Å². The first kappa shape index (κ1) is 13.5. The molecule has 1 aromatic heterocycles. The van der Waals surface area contributed by atoms with Gasteiger partial charge in [-0.3, -0.25) is 4.79 Å².